The summed E-state index contributed by atoms with van der Waals surface area (Å²) < 4.78 is 0. The number of carbonyl (C=O) groups is 2. The molecular formula is C25H30N8O2S. The van der Waals surface area contributed by atoms with Gasteiger partial charge in [0.2, 0.25) is 5.95 Å². The topological polar surface area (TPSA) is 126 Å². The highest BCUT2D eigenvalue weighted by Gasteiger charge is 2.26. The Balaban J connectivity index is 1.20. The molecule has 1 aliphatic carbocycles. The normalized spacial score (nSPS) is 19.2. The first-order valence-corrected chi connectivity index (χ1v) is 13.2. The Morgan fingerprint density at radius 2 is 1.97 bits per heavy atom. The molecule has 1 unspecified atom stereocenters. The van der Waals surface area contributed by atoms with E-state index in [2.05, 4.69) is 35.5 Å². The van der Waals surface area contributed by atoms with Crippen molar-refractivity contribution >= 4 is 40.3 Å². The molecule has 5 rings (SSSR count). The Bertz CT molecular complexity index is 1210. The molecule has 1 atom stereocenters. The zero-order chi connectivity index (χ0) is 24.9. The zero-order valence-electron chi connectivity index (χ0n) is 20.3. The summed E-state index contributed by atoms with van der Waals surface area (Å²) in [4.78, 5) is 48.6. The number of Topliss-reactive ketones (excluding diaryl/α,β-unsaturated/α-hetero) is 1. The summed E-state index contributed by atoms with van der Waals surface area (Å²) in [5, 5.41) is 7.43. The van der Waals surface area contributed by atoms with E-state index in [0.717, 1.165) is 41.1 Å². The second-order valence-electron chi connectivity index (χ2n) is 9.44. The predicted molar refractivity (Wildman–Crippen MR) is 138 cm³/mol. The van der Waals surface area contributed by atoms with Crippen LogP contribution in [0, 0.1) is 12.8 Å². The average Bonchev–Trinajstić information content (AvgIpc) is 3.35. The average molecular weight is 507 g/mol. The number of anilines is 3. The van der Waals surface area contributed by atoms with Crippen molar-refractivity contribution in [3.05, 3.63) is 36.0 Å². The summed E-state index contributed by atoms with van der Waals surface area (Å²) in [5.74, 6) is 0.754. The van der Waals surface area contributed by atoms with Crippen LogP contribution in [-0.2, 0) is 16.1 Å². The molecule has 2 N–H and O–H groups in total. The third-order valence-electron chi connectivity index (χ3n) is 6.58. The smallest absolute Gasteiger partial charge is 0.223 e. The number of likely N-dealkylation sites (tertiary alicyclic amines) is 1. The molecular weight excluding hydrogens is 476 g/mol. The number of nitrogens with zero attached hydrogens (tertiary/aromatic N) is 6. The quantitative estimate of drug-likeness (QED) is 0.344. The van der Waals surface area contributed by atoms with Crippen LogP contribution in [0.15, 0.2) is 24.7 Å². The summed E-state index contributed by atoms with van der Waals surface area (Å²) in [6.07, 6.45) is 12.5. The maximum Gasteiger partial charge on any atom is 0.223 e. The lowest BCUT2D eigenvalue weighted by Crippen LogP contribution is -2.41. The van der Waals surface area contributed by atoms with Gasteiger partial charge in [-0.15, -0.1) is 0 Å². The SMILES string of the molecule is Cc1cc(-c2cnc(Nc3cnc(CN4CCC(=O)C(C=O)C4)cn3)s2)nc(NC2CCCCC2)n1. The summed E-state index contributed by atoms with van der Waals surface area (Å²) in [6.45, 7) is 3.60. The van der Waals surface area contributed by atoms with Gasteiger partial charge in [-0.2, -0.15) is 0 Å². The summed E-state index contributed by atoms with van der Waals surface area (Å²) in [6, 6.07) is 2.42. The van der Waals surface area contributed by atoms with Gasteiger partial charge >= 0.3 is 0 Å². The third-order valence-corrected chi connectivity index (χ3v) is 7.52. The molecule has 0 amide bonds. The first kappa shape index (κ1) is 24.4. The third kappa shape index (κ3) is 6.08. The number of hydrogen-bond donors (Lipinski definition) is 2. The van der Waals surface area contributed by atoms with Crippen LogP contribution in [0.1, 0.15) is 49.9 Å². The van der Waals surface area contributed by atoms with E-state index in [-0.39, 0.29) is 5.78 Å². The van der Waals surface area contributed by atoms with Gasteiger partial charge in [0.05, 0.1) is 34.6 Å². The molecule has 3 aromatic heterocycles. The van der Waals surface area contributed by atoms with Crippen molar-refractivity contribution in [1.29, 1.82) is 0 Å². The summed E-state index contributed by atoms with van der Waals surface area (Å²) in [7, 11) is 0. The highest BCUT2D eigenvalue weighted by Crippen LogP contribution is 2.30. The van der Waals surface area contributed by atoms with Crippen molar-refractivity contribution < 1.29 is 9.59 Å². The first-order valence-electron chi connectivity index (χ1n) is 12.4. The van der Waals surface area contributed by atoms with Crippen molar-refractivity contribution in [2.24, 2.45) is 5.92 Å². The maximum atomic E-state index is 11.7. The molecule has 188 valence electrons. The fourth-order valence-electron chi connectivity index (χ4n) is 4.67. The van der Waals surface area contributed by atoms with Crippen LogP contribution in [0.2, 0.25) is 0 Å². The minimum atomic E-state index is -0.537. The lowest BCUT2D eigenvalue weighted by atomic mass is 9.96. The van der Waals surface area contributed by atoms with Crippen molar-refractivity contribution in [1.82, 2.24) is 29.8 Å². The van der Waals surface area contributed by atoms with Gasteiger partial charge in [0, 0.05) is 44.0 Å². The largest absolute Gasteiger partial charge is 0.351 e. The number of aryl methyl sites for hydroxylation is 1. The molecule has 2 aliphatic rings. The lowest BCUT2D eigenvalue weighted by molar-refractivity contribution is -0.130. The second-order valence-corrected chi connectivity index (χ2v) is 10.5. The molecule has 0 radical (unpaired) electrons. The molecule has 0 spiro atoms. The molecule has 0 aromatic carbocycles. The van der Waals surface area contributed by atoms with Gasteiger partial charge in [-0.25, -0.2) is 19.9 Å². The van der Waals surface area contributed by atoms with Crippen LogP contribution >= 0.6 is 11.3 Å². The number of hydrogen-bond acceptors (Lipinski definition) is 11. The number of rotatable bonds is 8. The Hall–Kier alpha value is -3.31. The fourth-order valence-corrected chi connectivity index (χ4v) is 5.45. The Morgan fingerprint density at radius 3 is 2.75 bits per heavy atom. The van der Waals surface area contributed by atoms with Crippen LogP contribution in [0.25, 0.3) is 10.6 Å². The number of carbonyl (C=O) groups excluding carboxylic acids is 2. The monoisotopic (exact) mass is 506 g/mol. The van der Waals surface area contributed by atoms with Gasteiger partial charge in [0.15, 0.2) is 10.9 Å². The van der Waals surface area contributed by atoms with Gasteiger partial charge in [-0.3, -0.25) is 14.7 Å². The molecule has 2 fully saturated rings. The van der Waals surface area contributed by atoms with Crippen molar-refractivity contribution in [3.8, 4) is 10.6 Å². The van der Waals surface area contributed by atoms with Crippen LogP contribution < -0.4 is 10.6 Å². The first-order chi connectivity index (χ1) is 17.6. The van der Waals surface area contributed by atoms with Gasteiger partial charge < -0.3 is 15.4 Å². The standard InChI is InChI=1S/C25H30N8O2S/c1-16-9-20(31-24(29-16)30-18-5-3-2-4-6-18)22-11-28-25(36-22)32-23-12-26-19(10-27-23)14-33-8-7-21(35)17(13-33)15-34/h9-12,15,17-18H,2-8,13-14H2,1H3,(H,27,28,32)(H,29,30,31). The van der Waals surface area contributed by atoms with Crippen LogP contribution in [0.5, 0.6) is 0 Å². The summed E-state index contributed by atoms with van der Waals surface area (Å²) >= 11 is 1.50. The summed E-state index contributed by atoms with van der Waals surface area (Å²) in [5.41, 5.74) is 2.55. The van der Waals surface area contributed by atoms with E-state index in [1.165, 1.54) is 30.6 Å². The molecule has 1 saturated heterocycles. The van der Waals surface area contributed by atoms with E-state index in [0.29, 0.717) is 49.0 Å². The molecule has 36 heavy (non-hydrogen) atoms. The van der Waals surface area contributed by atoms with Gasteiger partial charge in [-0.1, -0.05) is 30.6 Å². The molecule has 1 saturated carbocycles. The number of aromatic nitrogens is 5. The Morgan fingerprint density at radius 1 is 1.11 bits per heavy atom. The van der Waals surface area contributed by atoms with Crippen molar-refractivity contribution in [3.63, 3.8) is 0 Å². The van der Waals surface area contributed by atoms with E-state index in [1.807, 2.05) is 19.2 Å². The maximum absolute atomic E-state index is 11.7. The number of thiazole rings is 1. The van der Waals surface area contributed by atoms with E-state index < -0.39 is 5.92 Å². The number of piperidine rings is 1. The highest BCUT2D eigenvalue weighted by molar-refractivity contribution is 7.18. The second kappa shape index (κ2) is 11.2. The molecule has 1 aliphatic heterocycles. The van der Waals surface area contributed by atoms with Gasteiger partial charge in [0.25, 0.3) is 0 Å². The zero-order valence-corrected chi connectivity index (χ0v) is 21.1. The minimum absolute atomic E-state index is 0.0172. The van der Waals surface area contributed by atoms with Gasteiger partial charge in [-0.05, 0) is 25.8 Å². The predicted octanol–water partition coefficient (Wildman–Crippen LogP) is 3.78. The number of nitrogens with one attached hydrogen (secondary N) is 2. The molecule has 10 nitrogen and oxygen atoms in total. The van der Waals surface area contributed by atoms with E-state index in [4.69, 9.17) is 4.98 Å². The van der Waals surface area contributed by atoms with E-state index in [9.17, 15) is 9.59 Å². The van der Waals surface area contributed by atoms with E-state index in [1.54, 1.807) is 12.4 Å². The van der Waals surface area contributed by atoms with E-state index >= 15 is 0 Å². The molecule has 11 heteroatoms. The van der Waals surface area contributed by atoms with Crippen LogP contribution in [0.3, 0.4) is 0 Å². The Labute approximate surface area is 214 Å². The molecule has 3 aromatic rings. The lowest BCUT2D eigenvalue weighted by Gasteiger charge is -2.28. The van der Waals surface area contributed by atoms with Gasteiger partial charge in [0.1, 0.15) is 12.1 Å². The van der Waals surface area contributed by atoms with Crippen LogP contribution in [0.4, 0.5) is 16.9 Å². The number of ketones is 1. The van der Waals surface area contributed by atoms with Crippen LogP contribution in [-0.4, -0.2) is 61.0 Å². The highest BCUT2D eigenvalue weighted by atomic mass is 32.1. The molecule has 4 heterocycles. The van der Waals surface area contributed by atoms with Crippen molar-refractivity contribution in [2.75, 3.05) is 23.7 Å². The number of aldehydes is 1. The van der Waals surface area contributed by atoms with Crippen molar-refractivity contribution in [2.45, 2.75) is 58.0 Å². The minimum Gasteiger partial charge on any atom is -0.351 e. The molecule has 0 bridgehead atoms. The fraction of sp³-hybridized carbons (Fsp3) is 0.480. The Kier molecular flexibility index (Phi) is 7.57.